The second kappa shape index (κ2) is 6.79. The summed E-state index contributed by atoms with van der Waals surface area (Å²) in [5, 5.41) is 5.57. The van der Waals surface area contributed by atoms with Crippen molar-refractivity contribution in [3.8, 4) is 0 Å². The number of thiophene rings is 1. The van der Waals surface area contributed by atoms with Gasteiger partial charge in [0.25, 0.3) is 5.91 Å². The Balaban J connectivity index is 1.63. The van der Waals surface area contributed by atoms with Gasteiger partial charge in [-0.15, -0.1) is 11.3 Å². The molecule has 0 aliphatic carbocycles. The second-order valence-electron chi connectivity index (χ2n) is 5.12. The molecule has 0 radical (unpaired) electrons. The minimum atomic E-state index is -3.24. The van der Waals surface area contributed by atoms with Gasteiger partial charge in [0, 0.05) is 10.3 Å². The maximum atomic E-state index is 12.4. The van der Waals surface area contributed by atoms with Crippen molar-refractivity contribution in [2.75, 3.05) is 12.3 Å². The Hall–Kier alpha value is -1.49. The molecule has 1 unspecified atom stereocenters. The molecule has 24 heavy (non-hydrogen) atoms. The first-order valence-electron chi connectivity index (χ1n) is 6.83. The summed E-state index contributed by atoms with van der Waals surface area (Å²) in [6, 6.07) is 3.20. The number of thiocarbonyl (C=S) groups is 1. The quantitative estimate of drug-likeness (QED) is 0.607. The number of nitrogens with zero attached hydrogens (tertiary/aromatic N) is 1. The number of nitrogens with one attached hydrogen (secondary N) is 1. The van der Waals surface area contributed by atoms with Gasteiger partial charge in [0.15, 0.2) is 9.84 Å². The van der Waals surface area contributed by atoms with E-state index < -0.39 is 21.8 Å². The Morgan fingerprint density at radius 3 is 2.92 bits per heavy atom. The van der Waals surface area contributed by atoms with Crippen LogP contribution in [-0.2, 0) is 19.4 Å². The van der Waals surface area contributed by atoms with Crippen molar-refractivity contribution in [3.63, 3.8) is 0 Å². The molecule has 0 saturated carbocycles. The molecule has 3 heterocycles. The summed E-state index contributed by atoms with van der Waals surface area (Å²) in [7, 11) is -3.24. The van der Waals surface area contributed by atoms with Crippen LogP contribution in [0.25, 0.3) is 6.08 Å². The highest BCUT2D eigenvalue weighted by molar-refractivity contribution is 8.26. The van der Waals surface area contributed by atoms with Crippen molar-refractivity contribution in [1.29, 1.82) is 0 Å². The Labute approximate surface area is 152 Å². The van der Waals surface area contributed by atoms with Crippen molar-refractivity contribution in [3.05, 3.63) is 38.8 Å². The average molecular weight is 401 g/mol. The predicted octanol–water partition coefficient (Wildman–Crippen LogP) is 1.38. The van der Waals surface area contributed by atoms with E-state index in [0.717, 1.165) is 22.0 Å². The molecule has 2 amide bonds. The summed E-state index contributed by atoms with van der Waals surface area (Å²) in [6.45, 7) is -0.225. The molecule has 2 aliphatic rings. The standard InChI is InChI=1S/C14H12N2O4S4/c17-12(15-9-3-5-24(19,20)8-9)7-16-13(18)11(23-14(16)21)6-10-2-1-4-22-10/h1-6,9H,7-8H2,(H,15,17). The van der Waals surface area contributed by atoms with Crippen LogP contribution in [0.5, 0.6) is 0 Å². The third-order valence-electron chi connectivity index (χ3n) is 3.27. The first kappa shape index (κ1) is 17.3. The predicted molar refractivity (Wildman–Crippen MR) is 99.1 cm³/mol. The van der Waals surface area contributed by atoms with E-state index in [1.54, 1.807) is 6.08 Å². The Morgan fingerprint density at radius 2 is 2.29 bits per heavy atom. The fourth-order valence-corrected chi connectivity index (χ4v) is 5.41. The maximum absolute atomic E-state index is 12.4. The molecule has 1 N–H and O–H groups in total. The summed E-state index contributed by atoms with van der Waals surface area (Å²) in [5.74, 6) is -0.923. The molecule has 6 nitrogen and oxygen atoms in total. The van der Waals surface area contributed by atoms with Gasteiger partial charge < -0.3 is 5.32 Å². The van der Waals surface area contributed by atoms with Gasteiger partial charge in [-0.1, -0.05) is 30.0 Å². The van der Waals surface area contributed by atoms with E-state index in [0.29, 0.717) is 9.23 Å². The van der Waals surface area contributed by atoms with E-state index in [1.807, 2.05) is 17.5 Å². The molecular weight excluding hydrogens is 388 g/mol. The molecule has 10 heteroatoms. The monoisotopic (exact) mass is 400 g/mol. The van der Waals surface area contributed by atoms with E-state index in [4.69, 9.17) is 12.2 Å². The molecule has 0 spiro atoms. The molecule has 3 rings (SSSR count). The Morgan fingerprint density at radius 1 is 1.50 bits per heavy atom. The lowest BCUT2D eigenvalue weighted by Crippen LogP contribution is -2.43. The van der Waals surface area contributed by atoms with Gasteiger partial charge in [-0.3, -0.25) is 14.5 Å². The van der Waals surface area contributed by atoms with Gasteiger partial charge in [0.2, 0.25) is 5.91 Å². The van der Waals surface area contributed by atoms with E-state index >= 15 is 0 Å². The molecule has 0 aromatic carbocycles. The molecule has 1 aromatic heterocycles. The normalized spacial score (nSPS) is 24.1. The van der Waals surface area contributed by atoms with Crippen LogP contribution in [0.3, 0.4) is 0 Å². The zero-order valence-corrected chi connectivity index (χ0v) is 15.4. The lowest BCUT2D eigenvalue weighted by Gasteiger charge is -2.16. The summed E-state index contributed by atoms with van der Waals surface area (Å²) >= 11 is 7.82. The second-order valence-corrected chi connectivity index (χ2v) is 9.70. The summed E-state index contributed by atoms with van der Waals surface area (Å²) in [4.78, 5) is 27.1. The molecule has 1 saturated heterocycles. The fourth-order valence-electron chi connectivity index (χ4n) is 2.20. The van der Waals surface area contributed by atoms with E-state index in [-0.39, 0.29) is 18.2 Å². The van der Waals surface area contributed by atoms with E-state index in [1.165, 1.54) is 22.3 Å². The van der Waals surface area contributed by atoms with Crippen LogP contribution < -0.4 is 5.32 Å². The van der Waals surface area contributed by atoms with Crippen LogP contribution >= 0.6 is 35.3 Å². The van der Waals surface area contributed by atoms with Crippen molar-refractivity contribution in [2.24, 2.45) is 0 Å². The third kappa shape index (κ3) is 3.94. The molecule has 1 atom stereocenters. The highest BCUT2D eigenvalue weighted by Gasteiger charge is 2.34. The smallest absolute Gasteiger partial charge is 0.266 e. The summed E-state index contributed by atoms with van der Waals surface area (Å²) < 4.78 is 23.0. The lowest BCUT2D eigenvalue weighted by molar-refractivity contribution is -0.128. The van der Waals surface area contributed by atoms with Crippen molar-refractivity contribution in [2.45, 2.75) is 6.04 Å². The lowest BCUT2D eigenvalue weighted by atomic mass is 10.3. The summed E-state index contributed by atoms with van der Waals surface area (Å²) in [5.41, 5.74) is 0. The Kier molecular flexibility index (Phi) is 4.90. The van der Waals surface area contributed by atoms with Gasteiger partial charge in [-0.05, 0) is 23.6 Å². The zero-order chi connectivity index (χ0) is 17.3. The van der Waals surface area contributed by atoms with Gasteiger partial charge >= 0.3 is 0 Å². The number of carbonyl (C=O) groups excluding carboxylic acids is 2. The summed E-state index contributed by atoms with van der Waals surface area (Å²) in [6.07, 6.45) is 3.17. The van der Waals surface area contributed by atoms with Gasteiger partial charge in [0.05, 0.1) is 16.7 Å². The van der Waals surface area contributed by atoms with Crippen molar-refractivity contribution < 1.29 is 18.0 Å². The van der Waals surface area contributed by atoms with E-state index in [2.05, 4.69) is 5.32 Å². The van der Waals surface area contributed by atoms with Crippen LogP contribution in [-0.4, -0.2) is 47.8 Å². The number of amides is 2. The number of hydrogen-bond acceptors (Lipinski definition) is 7. The molecular formula is C14H12N2O4S4. The fraction of sp³-hybridized carbons (Fsp3) is 0.214. The van der Waals surface area contributed by atoms with Crippen LogP contribution in [0, 0.1) is 0 Å². The molecule has 0 bridgehead atoms. The topological polar surface area (TPSA) is 83.6 Å². The number of hydrogen-bond donors (Lipinski definition) is 1. The molecule has 1 aromatic rings. The van der Waals surface area contributed by atoms with Crippen LogP contribution in [0.1, 0.15) is 4.88 Å². The number of thioether (sulfide) groups is 1. The minimum Gasteiger partial charge on any atom is -0.347 e. The Bertz CT molecular complexity index is 855. The molecule has 1 fully saturated rings. The molecule has 126 valence electrons. The van der Waals surface area contributed by atoms with Crippen molar-refractivity contribution >= 4 is 67.4 Å². The zero-order valence-electron chi connectivity index (χ0n) is 12.2. The molecule has 2 aliphatic heterocycles. The number of rotatable bonds is 4. The van der Waals surface area contributed by atoms with Gasteiger partial charge in [-0.25, -0.2) is 8.42 Å². The van der Waals surface area contributed by atoms with Gasteiger partial charge in [-0.2, -0.15) is 0 Å². The average Bonchev–Trinajstić information content (AvgIpc) is 3.17. The third-order valence-corrected chi connectivity index (χ3v) is 6.86. The van der Waals surface area contributed by atoms with Gasteiger partial charge in [0.1, 0.15) is 10.9 Å². The first-order valence-corrected chi connectivity index (χ1v) is 10.7. The largest absolute Gasteiger partial charge is 0.347 e. The van der Waals surface area contributed by atoms with Crippen LogP contribution in [0.2, 0.25) is 0 Å². The highest BCUT2D eigenvalue weighted by Crippen LogP contribution is 2.33. The van der Waals surface area contributed by atoms with Crippen LogP contribution in [0.4, 0.5) is 0 Å². The number of sulfone groups is 1. The van der Waals surface area contributed by atoms with E-state index in [9.17, 15) is 18.0 Å². The van der Waals surface area contributed by atoms with Crippen LogP contribution in [0.15, 0.2) is 33.9 Å². The SMILES string of the molecule is O=C(CN1C(=O)C(=Cc2cccs2)SC1=S)NC1C=CS(=O)(=O)C1. The number of carbonyl (C=O) groups is 2. The maximum Gasteiger partial charge on any atom is 0.266 e. The first-order chi connectivity index (χ1) is 11.3. The minimum absolute atomic E-state index is 0.157. The van der Waals surface area contributed by atoms with Crippen molar-refractivity contribution in [1.82, 2.24) is 10.2 Å². The highest BCUT2D eigenvalue weighted by atomic mass is 32.2.